The van der Waals surface area contributed by atoms with Crippen molar-refractivity contribution in [1.82, 2.24) is 0 Å². The zero-order valence-electron chi connectivity index (χ0n) is 8.07. The standard InChI is InChI=1S/C12H16O/c1-2-11-8-9-12(13-11)10-6-4-3-5-7-10/h3-7,11-12H,2,8-9H2,1H3/t11-,12+/m0/s1. The monoisotopic (exact) mass is 176 g/mol. The quantitative estimate of drug-likeness (QED) is 0.671. The molecular weight excluding hydrogens is 160 g/mol. The van der Waals surface area contributed by atoms with Crippen molar-refractivity contribution < 1.29 is 4.74 Å². The van der Waals surface area contributed by atoms with Crippen molar-refractivity contribution >= 4 is 0 Å². The topological polar surface area (TPSA) is 9.23 Å². The van der Waals surface area contributed by atoms with Gasteiger partial charge in [-0.25, -0.2) is 0 Å². The highest BCUT2D eigenvalue weighted by molar-refractivity contribution is 5.18. The minimum absolute atomic E-state index is 0.353. The third kappa shape index (κ3) is 1.92. The van der Waals surface area contributed by atoms with Gasteiger partial charge < -0.3 is 4.74 Å². The van der Waals surface area contributed by atoms with Gasteiger partial charge in [0.05, 0.1) is 12.2 Å². The molecule has 1 saturated heterocycles. The number of rotatable bonds is 2. The summed E-state index contributed by atoms with van der Waals surface area (Å²) in [6.45, 7) is 2.19. The molecule has 2 atom stereocenters. The SMILES string of the molecule is CC[C@H]1CC[C@H](c2ccccc2)O1. The summed E-state index contributed by atoms with van der Waals surface area (Å²) in [4.78, 5) is 0. The molecule has 0 amide bonds. The van der Waals surface area contributed by atoms with Gasteiger partial charge in [-0.1, -0.05) is 37.3 Å². The largest absolute Gasteiger partial charge is 0.370 e. The second kappa shape index (κ2) is 3.93. The third-order valence-corrected chi connectivity index (χ3v) is 2.73. The summed E-state index contributed by atoms with van der Waals surface area (Å²) >= 11 is 0. The summed E-state index contributed by atoms with van der Waals surface area (Å²) in [5.74, 6) is 0. The molecule has 0 bridgehead atoms. The van der Waals surface area contributed by atoms with E-state index < -0.39 is 0 Å². The highest BCUT2D eigenvalue weighted by Gasteiger charge is 2.24. The van der Waals surface area contributed by atoms with Gasteiger partial charge in [-0.15, -0.1) is 0 Å². The molecule has 0 aromatic heterocycles. The normalized spacial score (nSPS) is 27.8. The minimum Gasteiger partial charge on any atom is -0.370 e. The van der Waals surface area contributed by atoms with Crippen LogP contribution in [0.5, 0.6) is 0 Å². The molecule has 70 valence electrons. The molecule has 1 aromatic rings. The van der Waals surface area contributed by atoms with E-state index in [4.69, 9.17) is 4.74 Å². The van der Waals surface area contributed by atoms with Gasteiger partial charge in [0, 0.05) is 0 Å². The molecule has 0 saturated carbocycles. The first-order valence-corrected chi connectivity index (χ1v) is 5.10. The fourth-order valence-corrected chi connectivity index (χ4v) is 1.92. The summed E-state index contributed by atoms with van der Waals surface area (Å²) in [7, 11) is 0. The van der Waals surface area contributed by atoms with Crippen LogP contribution in [-0.2, 0) is 4.74 Å². The van der Waals surface area contributed by atoms with Crippen LogP contribution in [0.1, 0.15) is 37.9 Å². The van der Waals surface area contributed by atoms with Gasteiger partial charge >= 0.3 is 0 Å². The molecule has 1 nitrogen and oxygen atoms in total. The maximum absolute atomic E-state index is 5.90. The van der Waals surface area contributed by atoms with Crippen LogP contribution < -0.4 is 0 Å². The van der Waals surface area contributed by atoms with Crippen molar-refractivity contribution in [2.45, 2.75) is 38.4 Å². The van der Waals surface area contributed by atoms with Crippen molar-refractivity contribution in [3.8, 4) is 0 Å². The van der Waals surface area contributed by atoms with Crippen LogP contribution in [0.3, 0.4) is 0 Å². The van der Waals surface area contributed by atoms with Crippen LogP contribution in [0.15, 0.2) is 30.3 Å². The first kappa shape index (κ1) is 8.76. The van der Waals surface area contributed by atoms with Crippen molar-refractivity contribution in [2.24, 2.45) is 0 Å². The Bertz CT molecular complexity index is 255. The Hall–Kier alpha value is -0.820. The van der Waals surface area contributed by atoms with Crippen LogP contribution in [0, 0.1) is 0 Å². The first-order valence-electron chi connectivity index (χ1n) is 5.10. The molecule has 0 spiro atoms. The molecule has 1 fully saturated rings. The Balaban J connectivity index is 2.04. The second-order valence-corrected chi connectivity index (χ2v) is 3.64. The van der Waals surface area contributed by atoms with E-state index in [2.05, 4.69) is 37.3 Å². The van der Waals surface area contributed by atoms with Crippen LogP contribution in [0.25, 0.3) is 0 Å². The second-order valence-electron chi connectivity index (χ2n) is 3.64. The summed E-state index contributed by atoms with van der Waals surface area (Å²) in [6, 6.07) is 10.5. The summed E-state index contributed by atoms with van der Waals surface area (Å²) in [6.07, 6.45) is 4.39. The van der Waals surface area contributed by atoms with Gasteiger partial charge in [0.25, 0.3) is 0 Å². The third-order valence-electron chi connectivity index (χ3n) is 2.73. The molecule has 0 unspecified atom stereocenters. The van der Waals surface area contributed by atoms with E-state index in [9.17, 15) is 0 Å². The van der Waals surface area contributed by atoms with Crippen LogP contribution in [0.4, 0.5) is 0 Å². The molecule has 1 aliphatic heterocycles. The molecule has 1 heteroatoms. The Morgan fingerprint density at radius 1 is 1.23 bits per heavy atom. The molecule has 0 aliphatic carbocycles. The summed E-state index contributed by atoms with van der Waals surface area (Å²) in [5.41, 5.74) is 1.33. The highest BCUT2D eigenvalue weighted by atomic mass is 16.5. The summed E-state index contributed by atoms with van der Waals surface area (Å²) in [5, 5.41) is 0. The summed E-state index contributed by atoms with van der Waals surface area (Å²) < 4.78 is 5.90. The molecular formula is C12H16O. The van der Waals surface area contributed by atoms with Gasteiger partial charge in [-0.2, -0.15) is 0 Å². The van der Waals surface area contributed by atoms with Crippen molar-refractivity contribution in [2.75, 3.05) is 0 Å². The number of benzene rings is 1. The number of hydrogen-bond donors (Lipinski definition) is 0. The molecule has 0 radical (unpaired) electrons. The maximum Gasteiger partial charge on any atom is 0.0829 e. The average molecular weight is 176 g/mol. The predicted molar refractivity (Wildman–Crippen MR) is 53.6 cm³/mol. The molecule has 0 N–H and O–H groups in total. The number of ether oxygens (including phenoxy) is 1. The van der Waals surface area contributed by atoms with Gasteiger partial charge in [-0.05, 0) is 24.8 Å². The predicted octanol–water partition coefficient (Wildman–Crippen LogP) is 3.32. The lowest BCUT2D eigenvalue weighted by Crippen LogP contribution is -2.04. The van der Waals surface area contributed by atoms with Gasteiger partial charge in [0.15, 0.2) is 0 Å². The fraction of sp³-hybridized carbons (Fsp3) is 0.500. The fourth-order valence-electron chi connectivity index (χ4n) is 1.92. The number of hydrogen-bond acceptors (Lipinski definition) is 1. The van der Waals surface area contributed by atoms with E-state index in [-0.39, 0.29) is 0 Å². The Labute approximate surface area is 79.7 Å². The molecule has 2 rings (SSSR count). The minimum atomic E-state index is 0.353. The van der Waals surface area contributed by atoms with Crippen LogP contribution in [0.2, 0.25) is 0 Å². The Kier molecular flexibility index (Phi) is 2.65. The van der Waals surface area contributed by atoms with Gasteiger partial charge in [-0.3, -0.25) is 0 Å². The van der Waals surface area contributed by atoms with Crippen molar-refractivity contribution in [3.05, 3.63) is 35.9 Å². The van der Waals surface area contributed by atoms with Crippen LogP contribution in [-0.4, -0.2) is 6.10 Å². The maximum atomic E-state index is 5.90. The zero-order valence-corrected chi connectivity index (χ0v) is 8.07. The molecule has 1 heterocycles. The van der Waals surface area contributed by atoms with Gasteiger partial charge in [0.2, 0.25) is 0 Å². The smallest absolute Gasteiger partial charge is 0.0829 e. The zero-order chi connectivity index (χ0) is 9.10. The Morgan fingerprint density at radius 2 is 2.00 bits per heavy atom. The van der Waals surface area contributed by atoms with E-state index in [0.29, 0.717) is 12.2 Å². The molecule has 1 aliphatic rings. The average Bonchev–Trinajstić information content (AvgIpc) is 2.67. The lowest BCUT2D eigenvalue weighted by atomic mass is 10.1. The van der Waals surface area contributed by atoms with Crippen molar-refractivity contribution in [1.29, 1.82) is 0 Å². The van der Waals surface area contributed by atoms with E-state index in [1.807, 2.05) is 0 Å². The molecule has 1 aromatic carbocycles. The van der Waals surface area contributed by atoms with Crippen molar-refractivity contribution in [3.63, 3.8) is 0 Å². The van der Waals surface area contributed by atoms with Crippen LogP contribution >= 0.6 is 0 Å². The first-order chi connectivity index (χ1) is 6.40. The van der Waals surface area contributed by atoms with E-state index >= 15 is 0 Å². The lowest BCUT2D eigenvalue weighted by molar-refractivity contribution is 0.0428. The highest BCUT2D eigenvalue weighted by Crippen LogP contribution is 2.33. The Morgan fingerprint density at radius 3 is 2.62 bits per heavy atom. The van der Waals surface area contributed by atoms with Gasteiger partial charge in [0.1, 0.15) is 0 Å². The van der Waals surface area contributed by atoms with E-state index in [0.717, 1.165) is 6.42 Å². The van der Waals surface area contributed by atoms with E-state index in [1.54, 1.807) is 0 Å². The van der Waals surface area contributed by atoms with E-state index in [1.165, 1.54) is 18.4 Å². The lowest BCUT2D eigenvalue weighted by Gasteiger charge is -2.12. The molecule has 13 heavy (non-hydrogen) atoms.